The van der Waals surface area contributed by atoms with Crippen LogP contribution in [0.2, 0.25) is 0 Å². The zero-order valence-corrected chi connectivity index (χ0v) is 10.3. The van der Waals surface area contributed by atoms with Crippen LogP contribution < -0.4 is 0 Å². The topological polar surface area (TPSA) is 40.5 Å². The fourth-order valence-corrected chi connectivity index (χ4v) is 2.64. The molecule has 0 bridgehead atoms. The van der Waals surface area contributed by atoms with Crippen molar-refractivity contribution in [2.24, 2.45) is 5.41 Å². The van der Waals surface area contributed by atoms with Gasteiger partial charge in [-0.15, -0.1) is 0 Å². The smallest absolute Gasteiger partial charge is 0.0799 e. The zero-order chi connectivity index (χ0) is 11.1. The number of hydrogen-bond acceptors (Lipinski definition) is 2. The molecule has 1 aliphatic carbocycles. The van der Waals surface area contributed by atoms with Gasteiger partial charge in [-0.1, -0.05) is 28.9 Å². The van der Waals surface area contributed by atoms with Gasteiger partial charge < -0.3 is 10.2 Å². The minimum atomic E-state index is -0.455. The monoisotopic (exact) mass is 270 g/mol. The summed E-state index contributed by atoms with van der Waals surface area (Å²) in [6, 6.07) is 5.97. The second-order valence-electron chi connectivity index (χ2n) is 4.71. The summed E-state index contributed by atoms with van der Waals surface area (Å²) in [6.45, 7) is 2.14. The van der Waals surface area contributed by atoms with Crippen LogP contribution in [-0.4, -0.2) is 16.8 Å². The van der Waals surface area contributed by atoms with Crippen LogP contribution in [-0.2, 0) is 6.42 Å². The molecule has 0 radical (unpaired) electrons. The minimum absolute atomic E-state index is 0.125. The van der Waals surface area contributed by atoms with Crippen molar-refractivity contribution >= 4 is 15.9 Å². The summed E-state index contributed by atoms with van der Waals surface area (Å²) < 4.78 is 0.993. The molecule has 0 amide bonds. The highest BCUT2D eigenvalue weighted by atomic mass is 79.9. The highest BCUT2D eigenvalue weighted by molar-refractivity contribution is 9.10. The summed E-state index contributed by atoms with van der Waals surface area (Å²) in [5, 5.41) is 19.3. The lowest BCUT2D eigenvalue weighted by Crippen LogP contribution is -2.31. The molecule has 0 saturated heterocycles. The first-order chi connectivity index (χ1) is 7.04. The number of fused-ring (bicyclic) bond motifs is 1. The van der Waals surface area contributed by atoms with Gasteiger partial charge in [0.1, 0.15) is 0 Å². The Morgan fingerprint density at radius 1 is 1.53 bits per heavy atom. The van der Waals surface area contributed by atoms with Crippen LogP contribution in [0.15, 0.2) is 22.7 Å². The Labute approximate surface area is 98.1 Å². The first kappa shape index (κ1) is 11.1. The SMILES string of the molecule is CC1(CO)Cc2ccc(Br)cc2C(O)C1. The average Bonchev–Trinajstić information content (AvgIpc) is 2.20. The van der Waals surface area contributed by atoms with Crippen molar-refractivity contribution in [1.82, 2.24) is 0 Å². The molecule has 2 nitrogen and oxygen atoms in total. The second kappa shape index (κ2) is 3.89. The quantitative estimate of drug-likeness (QED) is 0.823. The molecule has 1 aromatic carbocycles. The lowest BCUT2D eigenvalue weighted by atomic mass is 9.72. The molecule has 1 aliphatic rings. The molecule has 2 N–H and O–H groups in total. The molecule has 0 fully saturated rings. The molecule has 2 unspecified atom stereocenters. The second-order valence-corrected chi connectivity index (χ2v) is 5.62. The van der Waals surface area contributed by atoms with Crippen molar-refractivity contribution in [3.8, 4) is 0 Å². The van der Waals surface area contributed by atoms with Gasteiger partial charge in [0.15, 0.2) is 0 Å². The maximum absolute atomic E-state index is 10.0. The molecule has 1 aromatic rings. The van der Waals surface area contributed by atoms with E-state index in [0.29, 0.717) is 6.42 Å². The predicted octanol–water partition coefficient (Wildman–Crippen LogP) is 2.43. The van der Waals surface area contributed by atoms with E-state index in [4.69, 9.17) is 0 Å². The van der Waals surface area contributed by atoms with Crippen LogP contribution in [0.5, 0.6) is 0 Å². The average molecular weight is 271 g/mol. The summed E-state index contributed by atoms with van der Waals surface area (Å²) in [5.74, 6) is 0. The zero-order valence-electron chi connectivity index (χ0n) is 8.70. The highest BCUT2D eigenvalue weighted by Crippen LogP contribution is 2.41. The predicted molar refractivity (Wildman–Crippen MR) is 62.6 cm³/mol. The standard InChI is InChI=1S/C12H15BrO2/c1-12(7-14)5-8-2-3-9(13)4-10(8)11(15)6-12/h2-4,11,14-15H,5-7H2,1H3. The highest BCUT2D eigenvalue weighted by Gasteiger charge is 2.34. The molecule has 0 aromatic heterocycles. The largest absolute Gasteiger partial charge is 0.396 e. The fourth-order valence-electron chi connectivity index (χ4n) is 2.27. The van der Waals surface area contributed by atoms with Crippen LogP contribution in [0.4, 0.5) is 0 Å². The van der Waals surface area contributed by atoms with E-state index in [1.54, 1.807) is 0 Å². The Kier molecular flexibility index (Phi) is 2.88. The van der Waals surface area contributed by atoms with Gasteiger partial charge in [-0.05, 0) is 41.5 Å². The van der Waals surface area contributed by atoms with E-state index < -0.39 is 6.10 Å². The number of aliphatic hydroxyl groups excluding tert-OH is 2. The van der Waals surface area contributed by atoms with Gasteiger partial charge in [0.2, 0.25) is 0 Å². The number of hydrogen-bond donors (Lipinski definition) is 2. The number of halogens is 1. The van der Waals surface area contributed by atoms with Crippen molar-refractivity contribution in [3.63, 3.8) is 0 Å². The molecule has 0 saturated carbocycles. The number of rotatable bonds is 1. The summed E-state index contributed by atoms with van der Waals surface area (Å²) in [5.41, 5.74) is 1.96. The Bertz CT molecular complexity index is 378. The molecule has 82 valence electrons. The third kappa shape index (κ3) is 2.10. The van der Waals surface area contributed by atoms with E-state index in [0.717, 1.165) is 22.0 Å². The maximum atomic E-state index is 10.0. The van der Waals surface area contributed by atoms with E-state index in [-0.39, 0.29) is 12.0 Å². The molecule has 0 aliphatic heterocycles. The van der Waals surface area contributed by atoms with Gasteiger partial charge in [-0.2, -0.15) is 0 Å². The van der Waals surface area contributed by atoms with E-state index in [2.05, 4.69) is 15.9 Å². The number of benzene rings is 1. The van der Waals surface area contributed by atoms with Gasteiger partial charge in [0.05, 0.1) is 6.10 Å². The Hall–Kier alpha value is -0.380. The lowest BCUT2D eigenvalue weighted by Gasteiger charge is -2.36. The van der Waals surface area contributed by atoms with Gasteiger partial charge in [0.25, 0.3) is 0 Å². The Morgan fingerprint density at radius 3 is 2.93 bits per heavy atom. The van der Waals surface area contributed by atoms with E-state index in [1.165, 1.54) is 0 Å². The minimum Gasteiger partial charge on any atom is -0.396 e. The summed E-state index contributed by atoms with van der Waals surface area (Å²) in [4.78, 5) is 0. The number of aliphatic hydroxyl groups is 2. The third-order valence-electron chi connectivity index (χ3n) is 3.15. The molecular formula is C12H15BrO2. The molecule has 2 rings (SSSR count). The van der Waals surface area contributed by atoms with Crippen molar-refractivity contribution in [2.45, 2.75) is 25.9 Å². The third-order valence-corrected chi connectivity index (χ3v) is 3.65. The maximum Gasteiger partial charge on any atom is 0.0799 e. The van der Waals surface area contributed by atoms with Crippen molar-refractivity contribution < 1.29 is 10.2 Å². The summed E-state index contributed by atoms with van der Waals surface area (Å²) in [7, 11) is 0. The van der Waals surface area contributed by atoms with Crippen molar-refractivity contribution in [1.29, 1.82) is 0 Å². The molecular weight excluding hydrogens is 256 g/mol. The first-order valence-electron chi connectivity index (χ1n) is 5.11. The van der Waals surface area contributed by atoms with E-state index in [9.17, 15) is 10.2 Å². The fraction of sp³-hybridized carbons (Fsp3) is 0.500. The molecule has 0 heterocycles. The first-order valence-corrected chi connectivity index (χ1v) is 5.91. The van der Waals surface area contributed by atoms with Crippen molar-refractivity contribution in [2.75, 3.05) is 6.61 Å². The van der Waals surface area contributed by atoms with Crippen LogP contribution in [0, 0.1) is 5.41 Å². The molecule has 15 heavy (non-hydrogen) atoms. The van der Waals surface area contributed by atoms with Crippen molar-refractivity contribution in [3.05, 3.63) is 33.8 Å². The summed E-state index contributed by atoms with van der Waals surface area (Å²) >= 11 is 3.40. The molecule has 3 heteroatoms. The van der Waals surface area contributed by atoms with Crippen LogP contribution in [0.3, 0.4) is 0 Å². The van der Waals surface area contributed by atoms with Crippen LogP contribution in [0.1, 0.15) is 30.6 Å². The van der Waals surface area contributed by atoms with Crippen LogP contribution in [0.25, 0.3) is 0 Å². The Morgan fingerprint density at radius 2 is 2.27 bits per heavy atom. The normalized spacial score (nSPS) is 30.0. The van der Waals surface area contributed by atoms with E-state index >= 15 is 0 Å². The van der Waals surface area contributed by atoms with Crippen LogP contribution >= 0.6 is 15.9 Å². The van der Waals surface area contributed by atoms with E-state index in [1.807, 2.05) is 25.1 Å². The lowest BCUT2D eigenvalue weighted by molar-refractivity contribution is 0.0481. The molecule has 2 atom stereocenters. The summed E-state index contributed by atoms with van der Waals surface area (Å²) in [6.07, 6.45) is 1.01. The van der Waals surface area contributed by atoms with Gasteiger partial charge in [-0.25, -0.2) is 0 Å². The van der Waals surface area contributed by atoms with Gasteiger partial charge in [-0.3, -0.25) is 0 Å². The molecule has 0 spiro atoms. The Balaban J connectivity index is 2.41. The van der Waals surface area contributed by atoms with Gasteiger partial charge >= 0.3 is 0 Å². The van der Waals surface area contributed by atoms with Gasteiger partial charge in [0, 0.05) is 11.1 Å².